The van der Waals surface area contributed by atoms with Crippen LogP contribution in [0.2, 0.25) is 0 Å². The second-order valence-corrected chi connectivity index (χ2v) is 6.99. The summed E-state index contributed by atoms with van der Waals surface area (Å²) in [6, 6.07) is 5.34. The van der Waals surface area contributed by atoms with Crippen molar-refractivity contribution >= 4 is 11.8 Å². The van der Waals surface area contributed by atoms with E-state index in [4.69, 9.17) is 0 Å². The van der Waals surface area contributed by atoms with Gasteiger partial charge in [-0.05, 0) is 43.5 Å². The molecular weight excluding hydrogens is 351 g/mol. The number of likely N-dealkylation sites (tertiary alicyclic amines) is 1. The van der Waals surface area contributed by atoms with Crippen LogP contribution in [0, 0.1) is 5.82 Å². The molecule has 27 heavy (non-hydrogen) atoms. The molecule has 0 spiro atoms. The first-order valence-electron chi connectivity index (χ1n) is 9.17. The van der Waals surface area contributed by atoms with E-state index in [1.807, 2.05) is 4.90 Å². The Morgan fingerprint density at radius 3 is 2.44 bits per heavy atom. The van der Waals surface area contributed by atoms with Gasteiger partial charge < -0.3 is 14.9 Å². The standard InChI is InChI=1S/C19H21FN4O3/c20-15-5-4-13(10-17(15)25)18(26)23-8-3-9-24-14(12-23)11-16(21-24)19(27)22-6-1-2-7-22/h4-5,10-11,25H,1-3,6-9,12H2. The van der Waals surface area contributed by atoms with Crippen LogP contribution in [0.4, 0.5) is 4.39 Å². The van der Waals surface area contributed by atoms with Crippen LogP contribution in [0.5, 0.6) is 5.75 Å². The van der Waals surface area contributed by atoms with Gasteiger partial charge in [-0.15, -0.1) is 0 Å². The van der Waals surface area contributed by atoms with E-state index < -0.39 is 11.6 Å². The molecular formula is C19H21FN4O3. The number of carbonyl (C=O) groups is 2. The number of benzene rings is 1. The SMILES string of the molecule is O=C(c1ccc(F)c(O)c1)N1CCCn2nc(C(=O)N3CCCC3)cc2C1. The molecule has 142 valence electrons. The van der Waals surface area contributed by atoms with E-state index >= 15 is 0 Å². The Hall–Kier alpha value is -2.90. The summed E-state index contributed by atoms with van der Waals surface area (Å²) < 4.78 is 15.0. The highest BCUT2D eigenvalue weighted by Crippen LogP contribution is 2.21. The zero-order valence-electron chi connectivity index (χ0n) is 14.9. The van der Waals surface area contributed by atoms with Gasteiger partial charge in [-0.25, -0.2) is 4.39 Å². The van der Waals surface area contributed by atoms with Crippen LogP contribution in [0.1, 0.15) is 45.8 Å². The number of phenols is 1. The van der Waals surface area contributed by atoms with Gasteiger partial charge in [0.25, 0.3) is 11.8 Å². The molecule has 7 nitrogen and oxygen atoms in total. The molecule has 0 atom stereocenters. The minimum atomic E-state index is -0.759. The summed E-state index contributed by atoms with van der Waals surface area (Å²) in [5, 5.41) is 14.0. The average Bonchev–Trinajstić information content (AvgIpc) is 3.29. The van der Waals surface area contributed by atoms with Crippen LogP contribution in [0.3, 0.4) is 0 Å². The molecule has 1 fully saturated rings. The molecule has 1 aromatic carbocycles. The predicted molar refractivity (Wildman–Crippen MR) is 94.8 cm³/mol. The Morgan fingerprint density at radius 2 is 1.70 bits per heavy atom. The molecule has 1 aromatic heterocycles. The number of aromatic nitrogens is 2. The first-order chi connectivity index (χ1) is 13.0. The predicted octanol–water partition coefficient (Wildman–Crippen LogP) is 2.01. The zero-order chi connectivity index (χ0) is 19.0. The first kappa shape index (κ1) is 17.5. The van der Waals surface area contributed by atoms with Crippen LogP contribution in [0.25, 0.3) is 0 Å². The number of nitrogens with zero attached hydrogens (tertiary/aromatic N) is 4. The van der Waals surface area contributed by atoms with Gasteiger partial charge in [-0.1, -0.05) is 0 Å². The van der Waals surface area contributed by atoms with Crippen molar-refractivity contribution in [3.63, 3.8) is 0 Å². The van der Waals surface area contributed by atoms with E-state index in [0.717, 1.165) is 43.8 Å². The van der Waals surface area contributed by atoms with Crippen molar-refractivity contribution in [2.45, 2.75) is 32.4 Å². The lowest BCUT2D eigenvalue weighted by atomic mass is 10.1. The molecule has 0 bridgehead atoms. The summed E-state index contributed by atoms with van der Waals surface area (Å²) in [7, 11) is 0. The molecule has 2 aromatic rings. The first-order valence-corrected chi connectivity index (χ1v) is 9.17. The second kappa shape index (κ2) is 7.02. The molecule has 0 unspecified atom stereocenters. The van der Waals surface area contributed by atoms with Crippen molar-refractivity contribution in [3.05, 3.63) is 47.0 Å². The van der Waals surface area contributed by atoms with Crippen molar-refractivity contribution < 1.29 is 19.1 Å². The Kier molecular flexibility index (Phi) is 4.55. The average molecular weight is 372 g/mol. The maximum atomic E-state index is 13.3. The summed E-state index contributed by atoms with van der Waals surface area (Å²) in [5.74, 6) is -1.65. The van der Waals surface area contributed by atoms with Crippen LogP contribution >= 0.6 is 0 Å². The third-order valence-corrected chi connectivity index (χ3v) is 5.11. The third kappa shape index (κ3) is 3.39. The van der Waals surface area contributed by atoms with E-state index in [2.05, 4.69) is 5.10 Å². The van der Waals surface area contributed by atoms with Gasteiger partial charge in [0.05, 0.1) is 12.2 Å². The number of rotatable bonds is 2. The lowest BCUT2D eigenvalue weighted by Gasteiger charge is -2.20. The van der Waals surface area contributed by atoms with Crippen LogP contribution in [-0.4, -0.2) is 56.1 Å². The number of phenolic OH excluding ortho intramolecular Hbond substituents is 1. The Morgan fingerprint density at radius 1 is 0.963 bits per heavy atom. The highest BCUT2D eigenvalue weighted by Gasteiger charge is 2.26. The number of aryl methyl sites for hydroxylation is 1. The third-order valence-electron chi connectivity index (χ3n) is 5.11. The fraction of sp³-hybridized carbons (Fsp3) is 0.421. The van der Waals surface area contributed by atoms with Gasteiger partial charge in [0, 0.05) is 31.7 Å². The van der Waals surface area contributed by atoms with Crippen molar-refractivity contribution in [1.82, 2.24) is 19.6 Å². The van der Waals surface area contributed by atoms with E-state index in [-0.39, 0.29) is 17.4 Å². The van der Waals surface area contributed by atoms with Crippen LogP contribution in [-0.2, 0) is 13.1 Å². The summed E-state index contributed by atoms with van der Waals surface area (Å²) in [6.07, 6.45) is 2.74. The Bertz CT molecular complexity index is 889. The fourth-order valence-electron chi connectivity index (χ4n) is 3.65. The van der Waals surface area contributed by atoms with Crippen molar-refractivity contribution in [2.24, 2.45) is 0 Å². The van der Waals surface area contributed by atoms with Crippen molar-refractivity contribution in [1.29, 1.82) is 0 Å². The molecule has 0 aliphatic carbocycles. The topological polar surface area (TPSA) is 78.7 Å². The molecule has 2 aliphatic heterocycles. The minimum absolute atomic E-state index is 0.0607. The van der Waals surface area contributed by atoms with Crippen LogP contribution < -0.4 is 0 Å². The highest BCUT2D eigenvalue weighted by molar-refractivity contribution is 5.95. The molecule has 8 heteroatoms. The van der Waals surface area contributed by atoms with Gasteiger partial charge in [0.1, 0.15) is 0 Å². The molecule has 1 saturated heterocycles. The van der Waals surface area contributed by atoms with Crippen molar-refractivity contribution in [2.75, 3.05) is 19.6 Å². The van der Waals surface area contributed by atoms with Gasteiger partial charge in [0.2, 0.25) is 0 Å². The zero-order valence-corrected chi connectivity index (χ0v) is 14.9. The van der Waals surface area contributed by atoms with Crippen molar-refractivity contribution in [3.8, 4) is 5.75 Å². The lowest BCUT2D eigenvalue weighted by Crippen LogP contribution is -2.30. The monoisotopic (exact) mass is 372 g/mol. The van der Waals surface area contributed by atoms with Gasteiger partial charge in [-0.3, -0.25) is 14.3 Å². The summed E-state index contributed by atoms with van der Waals surface area (Å²) >= 11 is 0. The molecule has 2 amide bonds. The lowest BCUT2D eigenvalue weighted by molar-refractivity contribution is 0.0745. The molecule has 4 rings (SSSR count). The number of aromatic hydroxyl groups is 1. The number of halogens is 1. The normalized spacial score (nSPS) is 16.9. The van der Waals surface area contributed by atoms with Crippen LogP contribution in [0.15, 0.2) is 24.3 Å². The summed E-state index contributed by atoms with van der Waals surface area (Å²) in [6.45, 7) is 2.99. The molecule has 0 saturated carbocycles. The van der Waals surface area contributed by atoms with Gasteiger partial charge >= 0.3 is 0 Å². The number of amides is 2. The maximum Gasteiger partial charge on any atom is 0.274 e. The fourth-order valence-corrected chi connectivity index (χ4v) is 3.65. The van der Waals surface area contributed by atoms with Gasteiger partial charge in [-0.2, -0.15) is 5.10 Å². The van der Waals surface area contributed by atoms with E-state index in [1.165, 1.54) is 6.07 Å². The largest absolute Gasteiger partial charge is 0.505 e. The Balaban J connectivity index is 1.54. The number of hydrogen-bond donors (Lipinski definition) is 1. The quantitative estimate of drug-likeness (QED) is 0.875. The molecule has 3 heterocycles. The highest BCUT2D eigenvalue weighted by atomic mass is 19.1. The van der Waals surface area contributed by atoms with E-state index in [0.29, 0.717) is 31.7 Å². The minimum Gasteiger partial charge on any atom is -0.505 e. The maximum absolute atomic E-state index is 13.3. The number of fused-ring (bicyclic) bond motifs is 1. The van der Waals surface area contributed by atoms with E-state index in [1.54, 1.807) is 15.6 Å². The summed E-state index contributed by atoms with van der Waals surface area (Å²) in [5.41, 5.74) is 1.45. The number of carbonyl (C=O) groups excluding carboxylic acids is 2. The summed E-state index contributed by atoms with van der Waals surface area (Å²) in [4.78, 5) is 28.8. The molecule has 1 N–H and O–H groups in total. The van der Waals surface area contributed by atoms with Gasteiger partial charge in [0.15, 0.2) is 17.3 Å². The molecule has 0 radical (unpaired) electrons. The smallest absolute Gasteiger partial charge is 0.274 e. The molecule has 2 aliphatic rings. The van der Waals surface area contributed by atoms with E-state index in [9.17, 15) is 19.1 Å². The number of hydrogen-bond acceptors (Lipinski definition) is 4. The second-order valence-electron chi connectivity index (χ2n) is 6.99. The Labute approximate surface area is 156 Å².